The summed E-state index contributed by atoms with van der Waals surface area (Å²) < 4.78 is 38.4. The number of hydrogen-bond donors (Lipinski definition) is 1. The second-order valence-electron chi connectivity index (χ2n) is 3.40. The van der Waals surface area contributed by atoms with E-state index in [1.54, 1.807) is 6.07 Å². The summed E-state index contributed by atoms with van der Waals surface area (Å²) in [4.78, 5) is 9.95. The number of ether oxygens (including phenoxy) is 1. The molecule has 1 rings (SSSR count). The lowest BCUT2D eigenvalue weighted by Crippen LogP contribution is -2.23. The third-order valence-electron chi connectivity index (χ3n) is 2.00. The van der Waals surface area contributed by atoms with Crippen LogP contribution in [0.4, 0.5) is 18.9 Å². The van der Waals surface area contributed by atoms with Gasteiger partial charge in [0.05, 0.1) is 11.5 Å². The first kappa shape index (κ1) is 14.4. The predicted octanol–water partition coefficient (Wildman–Crippen LogP) is 2.22. The molecule has 0 bridgehead atoms. The molecular formula is C10H11F3N2O3. The molecular weight excluding hydrogens is 253 g/mol. The van der Waals surface area contributed by atoms with Gasteiger partial charge in [0.25, 0.3) is 5.69 Å². The highest BCUT2D eigenvalue weighted by molar-refractivity contribution is 5.34. The zero-order valence-corrected chi connectivity index (χ0v) is 9.24. The Balaban J connectivity index is 2.31. The highest BCUT2D eigenvalue weighted by Gasteiger charge is 2.28. The molecule has 0 saturated heterocycles. The van der Waals surface area contributed by atoms with Crippen molar-refractivity contribution < 1.29 is 22.8 Å². The summed E-state index contributed by atoms with van der Waals surface area (Å²) in [6.07, 6.45) is -4.63. The molecule has 0 unspecified atom stereocenters. The van der Waals surface area contributed by atoms with E-state index in [9.17, 15) is 23.3 Å². The van der Waals surface area contributed by atoms with Crippen LogP contribution in [0.1, 0.15) is 5.56 Å². The fourth-order valence-electron chi connectivity index (χ4n) is 1.25. The minimum Gasteiger partial charge on any atom is -0.310 e. The van der Waals surface area contributed by atoms with Gasteiger partial charge in [-0.2, -0.15) is 0 Å². The molecule has 0 aliphatic carbocycles. The van der Waals surface area contributed by atoms with Crippen molar-refractivity contribution in [1.82, 2.24) is 5.32 Å². The van der Waals surface area contributed by atoms with Crippen LogP contribution >= 0.6 is 0 Å². The first-order valence-electron chi connectivity index (χ1n) is 5.03. The Morgan fingerprint density at radius 3 is 2.72 bits per heavy atom. The predicted molar refractivity (Wildman–Crippen MR) is 56.8 cm³/mol. The Morgan fingerprint density at radius 2 is 2.11 bits per heavy atom. The van der Waals surface area contributed by atoms with E-state index in [1.165, 1.54) is 18.2 Å². The molecule has 0 aliphatic rings. The summed E-state index contributed by atoms with van der Waals surface area (Å²) in [5.41, 5.74) is 0.567. The maximum Gasteiger partial charge on any atom is 0.522 e. The van der Waals surface area contributed by atoms with Gasteiger partial charge in [0.1, 0.15) is 0 Å². The van der Waals surface area contributed by atoms with Crippen molar-refractivity contribution in [3.63, 3.8) is 0 Å². The number of alkyl halides is 3. The number of nitrogens with one attached hydrogen (secondary N) is 1. The van der Waals surface area contributed by atoms with Crippen LogP contribution in [0.25, 0.3) is 0 Å². The summed E-state index contributed by atoms with van der Waals surface area (Å²) in [5.74, 6) is 0. The van der Waals surface area contributed by atoms with E-state index in [1.807, 2.05) is 0 Å². The monoisotopic (exact) mass is 264 g/mol. The van der Waals surface area contributed by atoms with E-state index < -0.39 is 17.9 Å². The first-order valence-corrected chi connectivity index (χ1v) is 5.03. The van der Waals surface area contributed by atoms with Crippen molar-refractivity contribution in [2.24, 2.45) is 0 Å². The average Bonchev–Trinajstić information content (AvgIpc) is 2.27. The van der Waals surface area contributed by atoms with Gasteiger partial charge in [-0.15, -0.1) is 13.2 Å². The number of nitrogens with zero attached hydrogens (tertiary/aromatic N) is 1. The molecule has 1 aromatic carbocycles. The summed E-state index contributed by atoms with van der Waals surface area (Å²) in [7, 11) is 0. The normalized spacial score (nSPS) is 11.5. The molecule has 0 radical (unpaired) electrons. The lowest BCUT2D eigenvalue weighted by molar-refractivity contribution is -0.384. The average molecular weight is 264 g/mol. The molecule has 8 heteroatoms. The van der Waals surface area contributed by atoms with Crippen LogP contribution in [0, 0.1) is 10.1 Å². The van der Waals surface area contributed by atoms with Gasteiger partial charge in [-0.05, 0) is 5.56 Å². The van der Waals surface area contributed by atoms with E-state index in [-0.39, 0.29) is 18.8 Å². The zero-order chi connectivity index (χ0) is 13.6. The van der Waals surface area contributed by atoms with Crippen LogP contribution in [0.2, 0.25) is 0 Å². The number of nitro benzene ring substituents is 1. The molecule has 0 aromatic heterocycles. The lowest BCUT2D eigenvalue weighted by Gasteiger charge is -2.08. The third-order valence-corrected chi connectivity index (χ3v) is 2.00. The van der Waals surface area contributed by atoms with Gasteiger partial charge in [-0.25, -0.2) is 0 Å². The SMILES string of the molecule is O=[N+]([O-])c1cccc(CNCCOC(F)(F)F)c1. The summed E-state index contributed by atoms with van der Waals surface area (Å²) in [5, 5.41) is 13.2. The van der Waals surface area contributed by atoms with Gasteiger partial charge in [0.15, 0.2) is 0 Å². The molecule has 18 heavy (non-hydrogen) atoms. The van der Waals surface area contributed by atoms with Gasteiger partial charge in [-0.3, -0.25) is 14.9 Å². The number of benzene rings is 1. The Bertz CT molecular complexity index is 410. The number of halogens is 3. The molecule has 0 heterocycles. The van der Waals surface area contributed by atoms with Gasteiger partial charge in [-0.1, -0.05) is 12.1 Å². The van der Waals surface area contributed by atoms with Crippen LogP contribution in [0.5, 0.6) is 0 Å². The van der Waals surface area contributed by atoms with Crippen molar-refractivity contribution in [2.45, 2.75) is 12.9 Å². The molecule has 0 spiro atoms. The van der Waals surface area contributed by atoms with Crippen LogP contribution in [-0.4, -0.2) is 24.4 Å². The maximum absolute atomic E-state index is 11.6. The number of non-ortho nitro benzene ring substituents is 1. The standard InChI is InChI=1S/C10H11F3N2O3/c11-10(12,13)18-5-4-14-7-8-2-1-3-9(6-8)15(16)17/h1-3,6,14H,4-5,7H2. The Morgan fingerprint density at radius 1 is 1.39 bits per heavy atom. The smallest absolute Gasteiger partial charge is 0.310 e. The fraction of sp³-hybridized carbons (Fsp3) is 0.400. The Labute approximate surface area is 101 Å². The lowest BCUT2D eigenvalue weighted by atomic mass is 10.2. The van der Waals surface area contributed by atoms with E-state index >= 15 is 0 Å². The minimum atomic E-state index is -4.63. The van der Waals surface area contributed by atoms with Crippen LogP contribution in [0.15, 0.2) is 24.3 Å². The minimum absolute atomic E-state index is 0.00218. The Hall–Kier alpha value is -1.67. The maximum atomic E-state index is 11.6. The molecule has 1 aromatic rings. The number of nitro groups is 1. The van der Waals surface area contributed by atoms with Gasteiger partial charge < -0.3 is 5.32 Å². The van der Waals surface area contributed by atoms with E-state index in [4.69, 9.17) is 0 Å². The highest BCUT2D eigenvalue weighted by Crippen LogP contribution is 2.15. The van der Waals surface area contributed by atoms with E-state index in [0.29, 0.717) is 5.56 Å². The zero-order valence-electron chi connectivity index (χ0n) is 9.24. The van der Waals surface area contributed by atoms with Gasteiger partial charge in [0, 0.05) is 25.2 Å². The summed E-state index contributed by atoms with van der Waals surface area (Å²) >= 11 is 0. The Kier molecular flexibility index (Phi) is 5.05. The molecule has 0 amide bonds. The van der Waals surface area contributed by atoms with Gasteiger partial charge in [0.2, 0.25) is 0 Å². The quantitative estimate of drug-likeness (QED) is 0.486. The molecule has 0 atom stereocenters. The topological polar surface area (TPSA) is 64.4 Å². The van der Waals surface area contributed by atoms with Crippen LogP contribution in [-0.2, 0) is 11.3 Å². The first-order chi connectivity index (χ1) is 8.38. The van der Waals surface area contributed by atoms with Crippen molar-refractivity contribution in [2.75, 3.05) is 13.2 Å². The van der Waals surface area contributed by atoms with E-state index in [2.05, 4.69) is 10.1 Å². The second kappa shape index (κ2) is 6.31. The van der Waals surface area contributed by atoms with Gasteiger partial charge >= 0.3 is 6.36 Å². The molecule has 0 saturated carbocycles. The number of hydrogen-bond acceptors (Lipinski definition) is 4. The van der Waals surface area contributed by atoms with Crippen molar-refractivity contribution >= 4 is 5.69 Å². The third kappa shape index (κ3) is 5.60. The molecule has 0 aliphatic heterocycles. The highest BCUT2D eigenvalue weighted by atomic mass is 19.4. The molecule has 100 valence electrons. The largest absolute Gasteiger partial charge is 0.522 e. The number of rotatable bonds is 6. The molecule has 0 fully saturated rings. The fourth-order valence-corrected chi connectivity index (χ4v) is 1.25. The second-order valence-corrected chi connectivity index (χ2v) is 3.40. The van der Waals surface area contributed by atoms with Crippen LogP contribution < -0.4 is 5.32 Å². The van der Waals surface area contributed by atoms with Crippen LogP contribution in [0.3, 0.4) is 0 Å². The molecule has 5 nitrogen and oxygen atoms in total. The van der Waals surface area contributed by atoms with Crippen molar-refractivity contribution in [3.05, 3.63) is 39.9 Å². The summed E-state index contributed by atoms with van der Waals surface area (Å²) in [6, 6.07) is 5.86. The van der Waals surface area contributed by atoms with Crippen molar-refractivity contribution in [1.29, 1.82) is 0 Å². The van der Waals surface area contributed by atoms with E-state index in [0.717, 1.165) is 0 Å². The van der Waals surface area contributed by atoms with Crippen molar-refractivity contribution in [3.8, 4) is 0 Å². The molecule has 1 N–H and O–H groups in total. The summed E-state index contributed by atoms with van der Waals surface area (Å²) in [6.45, 7) is -0.260.